The van der Waals surface area contributed by atoms with Crippen LogP contribution in [-0.4, -0.2) is 21.0 Å². The Hall–Kier alpha value is -4.21. The fraction of sp³-hybridized carbons (Fsp3) is 0.286. The van der Waals surface area contributed by atoms with Crippen molar-refractivity contribution in [1.82, 2.24) is 9.55 Å². The van der Waals surface area contributed by atoms with E-state index in [1.165, 1.54) is 33.2 Å². The minimum atomic E-state index is -0.553. The number of aryl methyl sites for hydroxylation is 2. The molecule has 2 atom stereocenters. The zero-order chi connectivity index (χ0) is 32.7. The Balaban J connectivity index is 0.00000336. The van der Waals surface area contributed by atoms with Gasteiger partial charge in [0.2, 0.25) is 0 Å². The second kappa shape index (κ2) is 9.92. The van der Waals surface area contributed by atoms with Gasteiger partial charge in [-0.25, -0.2) is 4.98 Å². The predicted octanol–water partition coefficient (Wildman–Crippen LogP) is 9.57. The number of para-hydroxylation sites is 1. The fourth-order valence-corrected chi connectivity index (χ4v) is 8.61. The molecule has 2 aromatic heterocycles. The van der Waals surface area contributed by atoms with Gasteiger partial charge in [0, 0.05) is 33.9 Å². The van der Waals surface area contributed by atoms with Gasteiger partial charge in [-0.15, -0.1) is 28.8 Å². The Kier molecular flexibility index (Phi) is 6.42. The molecule has 48 heavy (non-hydrogen) atoms. The summed E-state index contributed by atoms with van der Waals surface area (Å²) in [6.45, 7) is 17.7. The second-order valence-electron chi connectivity index (χ2n) is 14.9. The van der Waals surface area contributed by atoms with E-state index in [1.54, 1.807) is 0 Å². The molecule has 4 aromatic carbocycles. The predicted molar refractivity (Wildman–Crippen MR) is 187 cm³/mol. The first-order valence-corrected chi connectivity index (χ1v) is 16.4. The zero-order valence-corrected chi connectivity index (χ0v) is 30.8. The van der Waals surface area contributed by atoms with Gasteiger partial charge in [-0.1, -0.05) is 107 Å². The van der Waals surface area contributed by atoms with E-state index >= 15 is 0 Å². The molecule has 1 aliphatic carbocycles. The van der Waals surface area contributed by atoms with Crippen LogP contribution in [0.15, 0.2) is 84.0 Å². The molecule has 0 spiro atoms. The van der Waals surface area contributed by atoms with Crippen LogP contribution < -0.4 is 4.74 Å². The first-order chi connectivity index (χ1) is 22.3. The Bertz CT molecular complexity index is 2380. The number of hydrogen-bond donors (Lipinski definition) is 0. The van der Waals surface area contributed by atoms with E-state index < -0.39 is 11.1 Å². The molecule has 0 radical (unpaired) electrons. The van der Waals surface area contributed by atoms with Gasteiger partial charge >= 0.3 is 21.1 Å². The van der Waals surface area contributed by atoms with Crippen molar-refractivity contribution in [3.05, 3.63) is 130 Å². The normalized spacial score (nSPS) is 22.4. The Morgan fingerprint density at radius 3 is 2.29 bits per heavy atom. The number of fused-ring (bicyclic) bond motifs is 8. The summed E-state index contributed by atoms with van der Waals surface area (Å²) in [4.78, 5) is 10.1. The Morgan fingerprint density at radius 2 is 1.50 bits per heavy atom. The largest absolute Gasteiger partial charge is 2.00 e. The van der Waals surface area contributed by atoms with Crippen molar-refractivity contribution < 1.29 is 30.5 Å². The number of hydrogen-bond acceptors (Lipinski definition) is 4. The SMILES string of the molecule is Cc1cc(Oc2[c-]c3c(cc2C)C(C)(C)c2cccc4c5cccnc5n-3c24)[c-]c(C2=N[C@]3(C)c4ccccc4C(C)(C)[C@]3(C)O2)c1.[Pt+2]. The third-order valence-corrected chi connectivity index (χ3v) is 11.6. The first-order valence-electron chi connectivity index (χ1n) is 16.4. The van der Waals surface area contributed by atoms with E-state index in [0.717, 1.165) is 33.4 Å². The van der Waals surface area contributed by atoms with Crippen LogP contribution in [0.4, 0.5) is 0 Å². The van der Waals surface area contributed by atoms with Gasteiger partial charge in [0.25, 0.3) is 0 Å². The number of ether oxygens (including phenoxy) is 2. The smallest absolute Gasteiger partial charge is 0.510 e. The number of benzene rings is 4. The van der Waals surface area contributed by atoms with Crippen molar-refractivity contribution in [2.75, 3.05) is 0 Å². The van der Waals surface area contributed by atoms with Gasteiger partial charge < -0.3 is 14.0 Å². The quantitative estimate of drug-likeness (QED) is 0.168. The molecule has 9 rings (SSSR count). The van der Waals surface area contributed by atoms with Crippen LogP contribution in [0, 0.1) is 26.0 Å². The van der Waals surface area contributed by atoms with Crippen LogP contribution in [0.2, 0.25) is 0 Å². The van der Waals surface area contributed by atoms with E-state index in [0.29, 0.717) is 17.4 Å². The fourth-order valence-electron chi connectivity index (χ4n) is 8.61. The molecule has 3 aliphatic rings. The molecule has 0 unspecified atom stereocenters. The van der Waals surface area contributed by atoms with Crippen molar-refractivity contribution in [3.8, 4) is 17.2 Å². The number of pyridine rings is 1. The van der Waals surface area contributed by atoms with Gasteiger partial charge in [0.05, 0.1) is 5.52 Å². The molecule has 6 aromatic rings. The summed E-state index contributed by atoms with van der Waals surface area (Å²) in [5.74, 6) is 1.87. The van der Waals surface area contributed by atoms with Crippen molar-refractivity contribution in [2.24, 2.45) is 4.99 Å². The number of nitrogens with zero attached hydrogens (tertiary/aromatic N) is 3. The second-order valence-corrected chi connectivity index (χ2v) is 14.9. The third-order valence-electron chi connectivity index (χ3n) is 11.6. The molecular formula is C42H37N3O2Pt. The van der Waals surface area contributed by atoms with Crippen LogP contribution >= 0.6 is 0 Å². The van der Waals surface area contributed by atoms with E-state index in [4.69, 9.17) is 19.5 Å². The maximum atomic E-state index is 6.88. The molecular weight excluding hydrogens is 774 g/mol. The summed E-state index contributed by atoms with van der Waals surface area (Å²) in [7, 11) is 0. The minimum absolute atomic E-state index is 0. The number of aliphatic imine (C=N–C) groups is 1. The van der Waals surface area contributed by atoms with Gasteiger partial charge in [0.1, 0.15) is 22.7 Å². The Labute approximate surface area is 296 Å². The van der Waals surface area contributed by atoms with E-state index in [9.17, 15) is 0 Å². The summed E-state index contributed by atoms with van der Waals surface area (Å²) >= 11 is 0. The van der Waals surface area contributed by atoms with Crippen LogP contribution in [-0.2, 0) is 42.2 Å². The van der Waals surface area contributed by atoms with Crippen LogP contribution in [0.25, 0.3) is 27.6 Å². The molecule has 0 N–H and O–H groups in total. The average Bonchev–Trinajstić information content (AvgIpc) is 3.57. The summed E-state index contributed by atoms with van der Waals surface area (Å²) in [6, 6.07) is 32.9. The van der Waals surface area contributed by atoms with Crippen LogP contribution in [0.3, 0.4) is 0 Å². The molecule has 0 saturated carbocycles. The standard InChI is InChI=1S/C42H37N3O2.Pt/c1-24-19-26(38-44-41(7)31-16-10-9-15-30(31)40(5,6)42(41,8)47-38)22-27(20-24)46-35-23-34-33(21-25(35)2)39(3,4)32-17-11-13-28-29-14-12-18-43-37(29)45(34)36(28)32;/h9-21H,1-8H3;/q-2;+2/t41-,42+;/m1./s1. The zero-order valence-electron chi connectivity index (χ0n) is 28.5. The van der Waals surface area contributed by atoms with Gasteiger partial charge in [-0.3, -0.25) is 4.99 Å². The molecule has 2 aliphatic heterocycles. The van der Waals surface area contributed by atoms with Crippen molar-refractivity contribution >= 4 is 27.8 Å². The van der Waals surface area contributed by atoms with E-state index in [1.807, 2.05) is 18.3 Å². The molecule has 0 saturated heterocycles. The molecule has 242 valence electrons. The molecule has 0 amide bonds. The van der Waals surface area contributed by atoms with Crippen LogP contribution in [0.1, 0.15) is 80.5 Å². The molecule has 4 heterocycles. The summed E-state index contributed by atoms with van der Waals surface area (Å²) < 4.78 is 15.8. The monoisotopic (exact) mass is 810 g/mol. The summed E-state index contributed by atoms with van der Waals surface area (Å²) in [5.41, 5.74) is 9.37. The summed E-state index contributed by atoms with van der Waals surface area (Å²) in [5, 5.41) is 2.34. The number of rotatable bonds is 3. The molecule has 5 nitrogen and oxygen atoms in total. The van der Waals surface area contributed by atoms with Gasteiger partial charge in [-0.05, 0) is 48.1 Å². The van der Waals surface area contributed by atoms with Gasteiger partial charge in [-0.2, -0.15) is 6.07 Å². The van der Waals surface area contributed by atoms with Crippen LogP contribution in [0.5, 0.6) is 11.5 Å². The van der Waals surface area contributed by atoms with Crippen molar-refractivity contribution in [1.29, 1.82) is 0 Å². The minimum Gasteiger partial charge on any atom is -0.510 e. The van der Waals surface area contributed by atoms with Crippen molar-refractivity contribution in [2.45, 2.75) is 77.4 Å². The Morgan fingerprint density at radius 1 is 0.771 bits per heavy atom. The number of aromatic nitrogens is 2. The molecule has 0 bridgehead atoms. The topological polar surface area (TPSA) is 48.6 Å². The third kappa shape index (κ3) is 3.77. The molecule has 6 heteroatoms. The molecule has 0 fully saturated rings. The summed E-state index contributed by atoms with van der Waals surface area (Å²) in [6.07, 6.45) is 1.86. The first kappa shape index (κ1) is 31.1. The van der Waals surface area contributed by atoms with E-state index in [-0.39, 0.29) is 31.9 Å². The van der Waals surface area contributed by atoms with Crippen molar-refractivity contribution in [3.63, 3.8) is 0 Å². The van der Waals surface area contributed by atoms with Gasteiger partial charge in [0.15, 0.2) is 0 Å². The van der Waals surface area contributed by atoms with E-state index in [2.05, 4.69) is 133 Å². The maximum absolute atomic E-state index is 6.88. The maximum Gasteiger partial charge on any atom is 2.00 e. The average molecular weight is 811 g/mol.